The highest BCUT2D eigenvalue weighted by atomic mass is 31.2. The highest BCUT2D eigenvalue weighted by Gasteiger charge is 2.30. The Morgan fingerprint density at radius 1 is 0.318 bits per heavy atom. The van der Waals surface area contributed by atoms with Crippen LogP contribution in [0.15, 0.2) is 0 Å². The van der Waals surface area contributed by atoms with Gasteiger partial charge in [-0.15, -0.1) is 0 Å². The molecule has 0 rings (SSSR count). The maximum absolute atomic E-state index is 13.0. The number of rotatable bonds is 66. The smallest absolute Gasteiger partial charge is 0.462 e. The summed E-state index contributed by atoms with van der Waals surface area (Å²) in [5, 5.41) is 10.6. The van der Waals surface area contributed by atoms with Crippen LogP contribution in [0.2, 0.25) is 0 Å². The van der Waals surface area contributed by atoms with Crippen molar-refractivity contribution in [3.63, 3.8) is 0 Å². The monoisotopic (exact) mass is 1300 g/mol. The highest BCUT2D eigenvalue weighted by molar-refractivity contribution is 7.47. The molecule has 0 spiro atoms. The fourth-order valence-corrected chi connectivity index (χ4v) is 11.8. The lowest BCUT2D eigenvalue weighted by molar-refractivity contribution is -0.161. The number of carbonyl (C=O) groups excluding carboxylic acids is 4. The van der Waals surface area contributed by atoms with Crippen molar-refractivity contribution < 1.29 is 80.2 Å². The number of phosphoric ester groups is 2. The van der Waals surface area contributed by atoms with Crippen LogP contribution in [-0.2, 0) is 65.4 Å². The third-order valence-electron chi connectivity index (χ3n) is 16.9. The summed E-state index contributed by atoms with van der Waals surface area (Å²) in [5.74, 6) is 0.840. The van der Waals surface area contributed by atoms with Gasteiger partial charge in [-0.2, -0.15) is 0 Å². The van der Waals surface area contributed by atoms with E-state index < -0.39 is 97.5 Å². The van der Waals surface area contributed by atoms with E-state index in [2.05, 4.69) is 55.4 Å². The second kappa shape index (κ2) is 58.8. The predicted octanol–water partition coefficient (Wildman–Crippen LogP) is 19.3. The van der Waals surface area contributed by atoms with Gasteiger partial charge in [-0.25, -0.2) is 9.13 Å². The van der Waals surface area contributed by atoms with Crippen LogP contribution < -0.4 is 0 Å². The minimum absolute atomic E-state index is 0.101. The number of phosphoric acid groups is 2. The second-order valence-corrected chi connectivity index (χ2v) is 29.0. The average molecular weight is 1300 g/mol. The van der Waals surface area contributed by atoms with Gasteiger partial charge in [0.15, 0.2) is 12.2 Å². The van der Waals surface area contributed by atoms with Crippen molar-refractivity contribution in [3.8, 4) is 0 Å². The molecule has 0 bridgehead atoms. The van der Waals surface area contributed by atoms with E-state index in [-0.39, 0.29) is 25.7 Å². The largest absolute Gasteiger partial charge is 0.472 e. The lowest BCUT2D eigenvalue weighted by atomic mass is 10.00. The van der Waals surface area contributed by atoms with Crippen molar-refractivity contribution in [2.24, 2.45) is 23.7 Å². The Morgan fingerprint density at radius 3 is 0.807 bits per heavy atom. The Kier molecular flexibility index (Phi) is 57.6. The van der Waals surface area contributed by atoms with Gasteiger partial charge in [-0.3, -0.25) is 37.3 Å². The van der Waals surface area contributed by atoms with E-state index in [0.29, 0.717) is 25.7 Å². The number of unbranched alkanes of at least 4 members (excludes halogenated alkanes) is 29. The normalized spacial score (nSPS) is 15.2. The van der Waals surface area contributed by atoms with Gasteiger partial charge < -0.3 is 33.8 Å². The Labute approximate surface area is 537 Å². The molecule has 0 radical (unpaired) electrons. The summed E-state index contributed by atoms with van der Waals surface area (Å²) in [7, 11) is -9.90. The molecular weight excluding hydrogens is 1160 g/mol. The number of aliphatic hydroxyl groups excluding tert-OH is 1. The summed E-state index contributed by atoms with van der Waals surface area (Å²) in [4.78, 5) is 72.4. The summed E-state index contributed by atoms with van der Waals surface area (Å²) in [6.07, 6.45) is 40.5. The van der Waals surface area contributed by atoms with Crippen LogP contribution in [0.25, 0.3) is 0 Å². The molecule has 17 nitrogen and oxygen atoms in total. The summed E-state index contributed by atoms with van der Waals surface area (Å²) in [5.41, 5.74) is 0. The quantitative estimate of drug-likeness (QED) is 0.0222. The van der Waals surface area contributed by atoms with Gasteiger partial charge in [0.25, 0.3) is 0 Å². The van der Waals surface area contributed by atoms with Crippen molar-refractivity contribution >= 4 is 39.5 Å². The van der Waals surface area contributed by atoms with Gasteiger partial charge in [0.05, 0.1) is 26.4 Å². The topological polar surface area (TPSA) is 237 Å². The van der Waals surface area contributed by atoms with Crippen LogP contribution in [0, 0.1) is 23.7 Å². The van der Waals surface area contributed by atoms with Gasteiger partial charge in [0.1, 0.15) is 19.3 Å². The Morgan fingerprint density at radius 2 is 0.545 bits per heavy atom. The number of esters is 4. The third kappa shape index (κ3) is 59.1. The Bertz CT molecular complexity index is 1750. The van der Waals surface area contributed by atoms with E-state index >= 15 is 0 Å². The molecule has 0 amide bonds. The zero-order valence-corrected chi connectivity index (χ0v) is 59.1. The second-order valence-electron chi connectivity index (χ2n) is 26.1. The zero-order valence-electron chi connectivity index (χ0n) is 57.3. The van der Waals surface area contributed by atoms with Crippen LogP contribution in [0.4, 0.5) is 0 Å². The van der Waals surface area contributed by atoms with Crippen molar-refractivity contribution in [3.05, 3.63) is 0 Å². The van der Waals surface area contributed by atoms with E-state index in [4.69, 9.17) is 37.0 Å². The average Bonchev–Trinajstić information content (AvgIpc) is 3.59. The first-order chi connectivity index (χ1) is 42.2. The standard InChI is InChI=1S/C69H134O17P2/c1-9-60(6)46-38-30-23-26-34-42-50-67(72)80-56-65(86-69(74)52-44-36-28-25-32-40-48-62(8)11-3)58-84-88(77,78)82-54-63(70)53-81-87(75,76)83-57-64(85-68(73)51-43-35-27-24-31-39-47-61(7)10-2)55-79-66(71)49-41-33-22-20-18-16-14-12-13-15-17-19-21-29-37-45-59(4)5/h59-65,70H,9-58H2,1-8H3,(H,75,76)(H,77,78)/t60?,61?,62?,63-,64-,65-/m1/s1. The van der Waals surface area contributed by atoms with Crippen LogP contribution >= 0.6 is 15.6 Å². The molecule has 3 N–H and O–H groups in total. The minimum atomic E-state index is -4.95. The van der Waals surface area contributed by atoms with Gasteiger partial charge in [0.2, 0.25) is 0 Å². The molecule has 0 saturated carbocycles. The molecule has 0 fully saturated rings. The fourth-order valence-electron chi connectivity index (χ4n) is 10.2. The van der Waals surface area contributed by atoms with Crippen LogP contribution in [-0.4, -0.2) is 96.7 Å². The molecule has 0 aromatic rings. The molecule has 0 aliphatic heterocycles. The minimum Gasteiger partial charge on any atom is -0.462 e. The molecule has 88 heavy (non-hydrogen) atoms. The lowest BCUT2D eigenvalue weighted by Crippen LogP contribution is -2.30. The molecule has 0 heterocycles. The highest BCUT2D eigenvalue weighted by Crippen LogP contribution is 2.45. The molecule has 0 aliphatic carbocycles. The first kappa shape index (κ1) is 86.1. The van der Waals surface area contributed by atoms with Crippen LogP contribution in [0.3, 0.4) is 0 Å². The van der Waals surface area contributed by atoms with Crippen LogP contribution in [0.1, 0.15) is 338 Å². The maximum atomic E-state index is 13.0. The van der Waals surface area contributed by atoms with Gasteiger partial charge in [-0.1, -0.05) is 287 Å². The van der Waals surface area contributed by atoms with E-state index in [0.717, 1.165) is 120 Å². The van der Waals surface area contributed by atoms with E-state index in [1.165, 1.54) is 135 Å². The number of hydrogen-bond donors (Lipinski definition) is 3. The first-order valence-electron chi connectivity index (χ1n) is 35.8. The number of aliphatic hydroxyl groups is 1. The fraction of sp³-hybridized carbons (Fsp3) is 0.942. The van der Waals surface area contributed by atoms with E-state index in [1.807, 2.05) is 0 Å². The van der Waals surface area contributed by atoms with Crippen LogP contribution in [0.5, 0.6) is 0 Å². The predicted molar refractivity (Wildman–Crippen MR) is 354 cm³/mol. The Balaban J connectivity index is 5.19. The van der Waals surface area contributed by atoms with Gasteiger partial charge in [0, 0.05) is 25.7 Å². The molecule has 522 valence electrons. The van der Waals surface area contributed by atoms with Crippen molar-refractivity contribution in [2.75, 3.05) is 39.6 Å². The third-order valence-corrected chi connectivity index (χ3v) is 18.8. The van der Waals surface area contributed by atoms with E-state index in [9.17, 15) is 43.2 Å². The lowest BCUT2D eigenvalue weighted by Gasteiger charge is -2.21. The molecule has 8 atom stereocenters. The molecule has 0 aromatic heterocycles. The molecule has 0 saturated heterocycles. The van der Waals surface area contributed by atoms with Crippen molar-refractivity contribution in [1.29, 1.82) is 0 Å². The Hall–Kier alpha value is -1.94. The van der Waals surface area contributed by atoms with Gasteiger partial charge in [-0.05, 0) is 49.4 Å². The maximum Gasteiger partial charge on any atom is 0.472 e. The number of ether oxygens (including phenoxy) is 4. The SMILES string of the molecule is CCC(C)CCCCCCCCC(=O)OC[C@H](COP(=O)(O)OC[C@H](O)COP(=O)(O)OC[C@@H](COC(=O)CCCCCCCCCCCCCCCCCC(C)C)OC(=O)CCCCCCCCC(C)CC)OC(=O)CCCCCCCCC(C)CC. The molecule has 5 unspecified atom stereocenters. The number of hydrogen-bond acceptors (Lipinski definition) is 15. The number of carbonyl (C=O) groups is 4. The van der Waals surface area contributed by atoms with E-state index in [1.54, 1.807) is 0 Å². The zero-order chi connectivity index (χ0) is 65.4. The van der Waals surface area contributed by atoms with Crippen molar-refractivity contribution in [2.45, 2.75) is 356 Å². The van der Waals surface area contributed by atoms with Crippen molar-refractivity contribution in [1.82, 2.24) is 0 Å². The summed E-state index contributed by atoms with van der Waals surface area (Å²) < 4.78 is 68.2. The molecule has 19 heteroatoms. The summed E-state index contributed by atoms with van der Waals surface area (Å²) in [6.45, 7) is 14.0. The summed E-state index contributed by atoms with van der Waals surface area (Å²) >= 11 is 0. The first-order valence-corrected chi connectivity index (χ1v) is 38.8. The van der Waals surface area contributed by atoms with Gasteiger partial charge >= 0.3 is 39.5 Å². The summed E-state index contributed by atoms with van der Waals surface area (Å²) in [6, 6.07) is 0. The molecular formula is C69H134O17P2. The molecule has 0 aliphatic rings. The molecule has 0 aromatic carbocycles.